The van der Waals surface area contributed by atoms with Gasteiger partial charge >= 0.3 is 6.03 Å². The third-order valence-electron chi connectivity index (χ3n) is 3.83. The molecule has 28 heavy (non-hydrogen) atoms. The molecule has 0 aliphatic heterocycles. The van der Waals surface area contributed by atoms with Crippen LogP contribution >= 0.6 is 0 Å². The highest BCUT2D eigenvalue weighted by Crippen LogP contribution is 2.18. The van der Waals surface area contributed by atoms with Crippen LogP contribution in [-0.2, 0) is 12.1 Å². The van der Waals surface area contributed by atoms with E-state index in [-0.39, 0.29) is 12.4 Å². The van der Waals surface area contributed by atoms with Crippen molar-refractivity contribution in [2.45, 2.75) is 32.9 Å². The molecular weight excluding hydrogens is 369 g/mol. The van der Waals surface area contributed by atoms with E-state index in [0.717, 1.165) is 0 Å². The van der Waals surface area contributed by atoms with Gasteiger partial charge in [-0.1, -0.05) is 12.1 Å². The van der Waals surface area contributed by atoms with Crippen molar-refractivity contribution in [3.8, 4) is 5.75 Å². The molecule has 5 N–H and O–H groups in total. The normalized spacial score (nSPS) is 11.0. The van der Waals surface area contributed by atoms with Gasteiger partial charge in [0.1, 0.15) is 11.6 Å². The van der Waals surface area contributed by atoms with Gasteiger partial charge in [0.25, 0.3) is 11.5 Å². The number of halogens is 1. The van der Waals surface area contributed by atoms with Crippen molar-refractivity contribution in [3.05, 3.63) is 57.5 Å². The van der Waals surface area contributed by atoms with Crippen LogP contribution in [0.3, 0.4) is 0 Å². The number of urea groups is 1. The third-order valence-corrected chi connectivity index (χ3v) is 3.83. The Morgan fingerprint density at radius 2 is 1.86 bits per heavy atom. The molecule has 0 unspecified atom stereocenters. The van der Waals surface area contributed by atoms with Crippen LogP contribution in [0.25, 0.3) is 0 Å². The number of nitrogens with one attached hydrogen (secondary N) is 4. The fraction of sp³-hybridized carbons (Fsp3) is 0.333. The number of carbonyl (C=O) groups is 2. The number of hydrogen-bond acceptors (Lipinski definition) is 5. The van der Waals surface area contributed by atoms with Crippen LogP contribution in [-0.4, -0.2) is 33.6 Å². The second-order valence-corrected chi connectivity index (χ2v) is 6.53. The van der Waals surface area contributed by atoms with Crippen LogP contribution in [0, 0.1) is 5.82 Å². The highest BCUT2D eigenvalue weighted by Gasteiger charge is 2.29. The smallest absolute Gasteiger partial charge is 0.315 e. The number of rotatable bonds is 6. The summed E-state index contributed by atoms with van der Waals surface area (Å²) in [6.45, 7) is 5.35. The summed E-state index contributed by atoms with van der Waals surface area (Å²) in [5, 5.41) is 17.6. The molecule has 10 heteroatoms. The quantitative estimate of drug-likeness (QED) is 0.502. The Bertz CT molecular complexity index is 925. The SMILES string of the molecule is CCNC(=O)NC(C)(C)c1nc(C(=O)NCc2ccc(F)cc2)c(O)c(=O)[nH]1. The summed E-state index contributed by atoms with van der Waals surface area (Å²) in [4.78, 5) is 42.6. The molecule has 0 aliphatic rings. The van der Waals surface area contributed by atoms with Crippen molar-refractivity contribution in [2.24, 2.45) is 0 Å². The number of hydrogen-bond donors (Lipinski definition) is 5. The number of aromatic hydroxyl groups is 1. The van der Waals surface area contributed by atoms with Gasteiger partial charge in [0, 0.05) is 13.1 Å². The molecule has 150 valence electrons. The van der Waals surface area contributed by atoms with E-state index in [9.17, 15) is 23.9 Å². The number of aromatic nitrogens is 2. The van der Waals surface area contributed by atoms with Crippen LogP contribution in [0.15, 0.2) is 29.1 Å². The van der Waals surface area contributed by atoms with Crippen molar-refractivity contribution < 1.29 is 19.1 Å². The Kier molecular flexibility index (Phi) is 6.34. The third kappa shape index (κ3) is 5.06. The summed E-state index contributed by atoms with van der Waals surface area (Å²) in [6, 6.07) is 5.00. The maximum absolute atomic E-state index is 12.9. The van der Waals surface area contributed by atoms with Crippen LogP contribution in [0.2, 0.25) is 0 Å². The van der Waals surface area contributed by atoms with Gasteiger partial charge < -0.3 is 26.0 Å². The zero-order valence-electron chi connectivity index (χ0n) is 15.7. The minimum Gasteiger partial charge on any atom is -0.501 e. The van der Waals surface area contributed by atoms with Gasteiger partial charge in [0.15, 0.2) is 5.69 Å². The molecule has 0 aliphatic carbocycles. The molecule has 3 amide bonds. The van der Waals surface area contributed by atoms with E-state index < -0.39 is 40.3 Å². The maximum Gasteiger partial charge on any atom is 0.315 e. The van der Waals surface area contributed by atoms with Gasteiger partial charge in [-0.2, -0.15) is 0 Å². The first kappa shape index (κ1) is 20.9. The average molecular weight is 391 g/mol. The molecule has 1 heterocycles. The Balaban J connectivity index is 2.24. The summed E-state index contributed by atoms with van der Waals surface area (Å²) in [7, 11) is 0. The zero-order valence-corrected chi connectivity index (χ0v) is 15.7. The summed E-state index contributed by atoms with van der Waals surface area (Å²) >= 11 is 0. The van der Waals surface area contributed by atoms with Crippen molar-refractivity contribution in [2.75, 3.05) is 6.54 Å². The van der Waals surface area contributed by atoms with E-state index in [0.29, 0.717) is 12.1 Å². The Hall–Kier alpha value is -3.43. The van der Waals surface area contributed by atoms with E-state index in [4.69, 9.17) is 0 Å². The second kappa shape index (κ2) is 8.51. The Morgan fingerprint density at radius 1 is 1.21 bits per heavy atom. The molecule has 0 atom stereocenters. The molecule has 9 nitrogen and oxygen atoms in total. The number of carbonyl (C=O) groups excluding carboxylic acids is 2. The highest BCUT2D eigenvalue weighted by molar-refractivity contribution is 5.94. The van der Waals surface area contributed by atoms with Crippen LogP contribution in [0.4, 0.5) is 9.18 Å². The second-order valence-electron chi connectivity index (χ2n) is 6.53. The van der Waals surface area contributed by atoms with Gasteiger partial charge in [-0.3, -0.25) is 9.59 Å². The van der Waals surface area contributed by atoms with E-state index in [1.165, 1.54) is 24.3 Å². The van der Waals surface area contributed by atoms with Gasteiger partial charge in [-0.05, 0) is 38.5 Å². The zero-order chi connectivity index (χ0) is 20.9. The molecule has 0 bridgehead atoms. The first-order valence-corrected chi connectivity index (χ1v) is 8.56. The lowest BCUT2D eigenvalue weighted by atomic mass is 10.0. The number of benzene rings is 1. The van der Waals surface area contributed by atoms with Crippen LogP contribution < -0.4 is 21.5 Å². The van der Waals surface area contributed by atoms with E-state index >= 15 is 0 Å². The lowest BCUT2D eigenvalue weighted by Crippen LogP contribution is -2.48. The summed E-state index contributed by atoms with van der Waals surface area (Å²) in [5.41, 5.74) is -1.90. The monoisotopic (exact) mass is 391 g/mol. The van der Waals surface area contributed by atoms with Crippen LogP contribution in [0.5, 0.6) is 5.75 Å². The maximum atomic E-state index is 12.9. The predicted octanol–water partition coefficient (Wildman–Crippen LogP) is 1.10. The van der Waals surface area contributed by atoms with E-state index in [2.05, 4.69) is 25.9 Å². The van der Waals surface area contributed by atoms with Crippen LogP contribution in [0.1, 0.15) is 42.6 Å². The lowest BCUT2D eigenvalue weighted by Gasteiger charge is -2.25. The number of aromatic amines is 1. The number of amides is 3. The van der Waals surface area contributed by atoms with Crippen molar-refractivity contribution in [1.82, 2.24) is 25.9 Å². The van der Waals surface area contributed by atoms with Gasteiger partial charge in [-0.25, -0.2) is 14.2 Å². The Morgan fingerprint density at radius 3 is 2.46 bits per heavy atom. The van der Waals surface area contributed by atoms with Gasteiger partial charge in [0.2, 0.25) is 5.75 Å². The molecule has 2 rings (SSSR count). The highest BCUT2D eigenvalue weighted by atomic mass is 19.1. The molecule has 0 radical (unpaired) electrons. The van der Waals surface area contributed by atoms with Gasteiger partial charge in [0.05, 0.1) is 5.54 Å². The molecule has 0 spiro atoms. The lowest BCUT2D eigenvalue weighted by molar-refractivity contribution is 0.0941. The predicted molar refractivity (Wildman–Crippen MR) is 99.3 cm³/mol. The summed E-state index contributed by atoms with van der Waals surface area (Å²) in [5.74, 6) is -2.04. The molecule has 1 aromatic carbocycles. The van der Waals surface area contributed by atoms with E-state index in [1.54, 1.807) is 20.8 Å². The Labute approximate surface area is 160 Å². The summed E-state index contributed by atoms with van der Waals surface area (Å²) < 4.78 is 12.9. The molecule has 0 fully saturated rings. The van der Waals surface area contributed by atoms with Crippen molar-refractivity contribution >= 4 is 11.9 Å². The molecule has 0 saturated heterocycles. The molecule has 0 saturated carbocycles. The minimum absolute atomic E-state index is 0.00603. The largest absolute Gasteiger partial charge is 0.501 e. The number of nitrogens with zero attached hydrogens (tertiary/aromatic N) is 1. The molecule has 1 aromatic heterocycles. The van der Waals surface area contributed by atoms with Gasteiger partial charge in [-0.15, -0.1) is 0 Å². The van der Waals surface area contributed by atoms with E-state index in [1.807, 2.05) is 0 Å². The first-order valence-electron chi connectivity index (χ1n) is 8.56. The summed E-state index contributed by atoms with van der Waals surface area (Å²) in [6.07, 6.45) is 0. The fourth-order valence-electron chi connectivity index (χ4n) is 2.34. The fourth-order valence-corrected chi connectivity index (χ4v) is 2.34. The molecular formula is C18H22FN5O4. The average Bonchev–Trinajstić information content (AvgIpc) is 2.62. The van der Waals surface area contributed by atoms with Crippen molar-refractivity contribution in [3.63, 3.8) is 0 Å². The molecule has 2 aromatic rings. The number of H-pyrrole nitrogens is 1. The topological polar surface area (TPSA) is 136 Å². The minimum atomic E-state index is -1.13. The first-order chi connectivity index (χ1) is 13.1. The van der Waals surface area contributed by atoms with Crippen molar-refractivity contribution in [1.29, 1.82) is 0 Å². The standard InChI is InChI=1S/C18H22FN5O4/c1-4-20-17(28)24-18(2,3)16-22-12(13(25)15(27)23-16)14(26)21-9-10-5-7-11(19)8-6-10/h5-8,25H,4,9H2,1-3H3,(H,21,26)(H2,20,24,28)(H,22,23,27).